The summed E-state index contributed by atoms with van der Waals surface area (Å²) in [7, 11) is 0. The summed E-state index contributed by atoms with van der Waals surface area (Å²) < 4.78 is 16.3. The number of nitrogens with one attached hydrogen (secondary N) is 1. The summed E-state index contributed by atoms with van der Waals surface area (Å²) in [6.07, 6.45) is 0. The van der Waals surface area contributed by atoms with Crippen LogP contribution < -0.4 is 19.5 Å². The zero-order chi connectivity index (χ0) is 22.8. The Labute approximate surface area is 184 Å². The van der Waals surface area contributed by atoms with Gasteiger partial charge in [-0.1, -0.05) is 0 Å². The Bertz CT molecular complexity index is 1200. The summed E-state index contributed by atoms with van der Waals surface area (Å²) in [5, 5.41) is 26.6. The van der Waals surface area contributed by atoms with Gasteiger partial charge in [-0.2, -0.15) is 0 Å². The van der Waals surface area contributed by atoms with Crippen molar-refractivity contribution in [2.24, 2.45) is 0 Å². The molecule has 32 heavy (non-hydrogen) atoms. The number of carbonyl (C=O) groups is 1. The second-order valence-corrected chi connectivity index (χ2v) is 7.64. The molecule has 1 aliphatic rings. The third kappa shape index (κ3) is 4.30. The van der Waals surface area contributed by atoms with Gasteiger partial charge in [-0.15, -0.1) is 11.3 Å². The highest BCUT2D eigenvalue weighted by atomic mass is 32.1. The third-order valence-electron chi connectivity index (χ3n) is 4.63. The highest BCUT2D eigenvalue weighted by Crippen LogP contribution is 2.35. The van der Waals surface area contributed by atoms with E-state index in [1.54, 1.807) is 29.6 Å². The van der Waals surface area contributed by atoms with Crippen LogP contribution in [0.3, 0.4) is 0 Å². The molecule has 0 radical (unpaired) electrons. The molecule has 1 aromatic heterocycles. The van der Waals surface area contributed by atoms with Gasteiger partial charge in [-0.05, 0) is 30.5 Å². The molecule has 2 heterocycles. The average Bonchev–Trinajstić information content (AvgIpc) is 3.42. The molecule has 0 aliphatic carbocycles. The van der Waals surface area contributed by atoms with E-state index in [4.69, 9.17) is 14.2 Å². The van der Waals surface area contributed by atoms with Gasteiger partial charge >= 0.3 is 0 Å². The van der Waals surface area contributed by atoms with E-state index >= 15 is 0 Å². The van der Waals surface area contributed by atoms with Crippen molar-refractivity contribution < 1.29 is 28.9 Å². The van der Waals surface area contributed by atoms with Crippen LogP contribution in [-0.4, -0.2) is 22.5 Å². The van der Waals surface area contributed by atoms with Crippen molar-refractivity contribution in [1.29, 1.82) is 0 Å². The van der Waals surface area contributed by atoms with Crippen molar-refractivity contribution in [3.05, 3.63) is 78.0 Å². The van der Waals surface area contributed by atoms with Gasteiger partial charge in [0.05, 0.1) is 20.4 Å². The van der Waals surface area contributed by atoms with Gasteiger partial charge in [0.25, 0.3) is 17.3 Å². The fourth-order valence-electron chi connectivity index (χ4n) is 3.03. The number of benzene rings is 2. The standard InChI is InChI=1S/C20H15N3O8S/c1-11-15(22(25)26)5-13(6-16(11)23(27)28)21-20(24)19-4-12(9-32-19)8-29-14-2-3-17-18(7-14)31-10-30-17/h2-7,9H,8,10H2,1H3,(H,21,24). The second kappa shape index (κ2) is 8.51. The van der Waals surface area contributed by atoms with E-state index in [1.165, 1.54) is 6.92 Å². The Hall–Kier alpha value is -4.19. The lowest BCUT2D eigenvalue weighted by Gasteiger charge is -2.06. The number of ether oxygens (including phenoxy) is 3. The molecule has 0 spiro atoms. The molecule has 12 heteroatoms. The van der Waals surface area contributed by atoms with E-state index in [9.17, 15) is 25.0 Å². The van der Waals surface area contributed by atoms with Gasteiger partial charge in [0.1, 0.15) is 17.9 Å². The summed E-state index contributed by atoms with van der Waals surface area (Å²) >= 11 is 1.15. The van der Waals surface area contributed by atoms with Gasteiger partial charge in [0.15, 0.2) is 11.5 Å². The number of thiophene rings is 1. The predicted molar refractivity (Wildman–Crippen MR) is 114 cm³/mol. The molecule has 0 saturated heterocycles. The molecular weight excluding hydrogens is 442 g/mol. The van der Waals surface area contributed by atoms with E-state index < -0.39 is 27.1 Å². The lowest BCUT2D eigenvalue weighted by Crippen LogP contribution is -2.11. The van der Waals surface area contributed by atoms with Crippen molar-refractivity contribution >= 4 is 34.3 Å². The third-order valence-corrected chi connectivity index (χ3v) is 5.61. The molecule has 3 aromatic rings. The number of hydrogen-bond donors (Lipinski definition) is 1. The van der Waals surface area contributed by atoms with E-state index in [2.05, 4.69) is 5.32 Å². The lowest BCUT2D eigenvalue weighted by molar-refractivity contribution is -0.395. The maximum absolute atomic E-state index is 12.6. The van der Waals surface area contributed by atoms with Crippen LogP contribution in [0.25, 0.3) is 0 Å². The molecule has 0 bridgehead atoms. The number of carbonyl (C=O) groups excluding carboxylic acids is 1. The number of anilines is 1. The Morgan fingerprint density at radius 3 is 2.47 bits per heavy atom. The molecule has 0 unspecified atom stereocenters. The van der Waals surface area contributed by atoms with Gasteiger partial charge in [-0.25, -0.2) is 0 Å². The van der Waals surface area contributed by atoms with Crippen LogP contribution in [0.2, 0.25) is 0 Å². The van der Waals surface area contributed by atoms with Crippen molar-refractivity contribution in [2.75, 3.05) is 12.1 Å². The predicted octanol–water partition coefficient (Wildman–Crippen LogP) is 4.43. The highest BCUT2D eigenvalue weighted by Gasteiger charge is 2.24. The van der Waals surface area contributed by atoms with Crippen LogP contribution in [0.4, 0.5) is 17.1 Å². The number of amides is 1. The summed E-state index contributed by atoms with van der Waals surface area (Å²) in [5.74, 6) is 1.26. The first-order valence-electron chi connectivity index (χ1n) is 9.16. The molecule has 4 rings (SSSR count). The van der Waals surface area contributed by atoms with Crippen LogP contribution in [0, 0.1) is 27.2 Å². The molecule has 0 fully saturated rings. The number of fused-ring (bicyclic) bond motifs is 1. The molecule has 1 aliphatic heterocycles. The average molecular weight is 457 g/mol. The van der Waals surface area contributed by atoms with Gasteiger partial charge in [-0.3, -0.25) is 25.0 Å². The van der Waals surface area contributed by atoms with Crippen molar-refractivity contribution in [3.8, 4) is 17.2 Å². The first-order valence-corrected chi connectivity index (χ1v) is 10.0. The largest absolute Gasteiger partial charge is 0.489 e. The molecule has 2 aromatic carbocycles. The zero-order valence-electron chi connectivity index (χ0n) is 16.5. The Morgan fingerprint density at radius 2 is 1.78 bits per heavy atom. The van der Waals surface area contributed by atoms with Crippen LogP contribution in [0.5, 0.6) is 17.2 Å². The van der Waals surface area contributed by atoms with Crippen LogP contribution in [-0.2, 0) is 6.61 Å². The molecular formula is C20H15N3O8S. The Morgan fingerprint density at radius 1 is 1.09 bits per heavy atom. The van der Waals surface area contributed by atoms with Gasteiger partial charge in [0, 0.05) is 23.8 Å². The van der Waals surface area contributed by atoms with Crippen molar-refractivity contribution in [3.63, 3.8) is 0 Å². The second-order valence-electron chi connectivity index (χ2n) is 6.73. The fourth-order valence-corrected chi connectivity index (χ4v) is 3.82. The molecule has 164 valence electrons. The number of rotatable bonds is 7. The number of nitro groups is 2. The van der Waals surface area contributed by atoms with E-state index in [-0.39, 0.29) is 24.7 Å². The topological polar surface area (TPSA) is 143 Å². The molecule has 0 atom stereocenters. The lowest BCUT2D eigenvalue weighted by atomic mass is 10.1. The minimum absolute atomic E-state index is 0.0365. The first-order chi connectivity index (χ1) is 15.3. The summed E-state index contributed by atoms with van der Waals surface area (Å²) in [6.45, 7) is 1.65. The van der Waals surface area contributed by atoms with Crippen LogP contribution >= 0.6 is 11.3 Å². The minimum Gasteiger partial charge on any atom is -0.489 e. The van der Waals surface area contributed by atoms with Crippen molar-refractivity contribution in [1.82, 2.24) is 0 Å². The van der Waals surface area contributed by atoms with E-state index in [0.717, 1.165) is 29.0 Å². The van der Waals surface area contributed by atoms with E-state index in [1.807, 2.05) is 0 Å². The Kier molecular flexibility index (Phi) is 5.60. The monoisotopic (exact) mass is 457 g/mol. The summed E-state index contributed by atoms with van der Waals surface area (Å²) in [4.78, 5) is 33.8. The molecule has 1 amide bonds. The molecule has 11 nitrogen and oxygen atoms in total. The number of nitro benzene ring substituents is 2. The van der Waals surface area contributed by atoms with Crippen LogP contribution in [0.15, 0.2) is 41.8 Å². The van der Waals surface area contributed by atoms with Crippen molar-refractivity contribution in [2.45, 2.75) is 13.5 Å². The Balaban J connectivity index is 1.45. The maximum Gasteiger partial charge on any atom is 0.281 e. The quantitative estimate of drug-likeness (QED) is 0.405. The smallest absolute Gasteiger partial charge is 0.281 e. The van der Waals surface area contributed by atoms with Gasteiger partial charge in [0.2, 0.25) is 6.79 Å². The fraction of sp³-hybridized carbons (Fsp3) is 0.150. The first kappa shape index (κ1) is 21.1. The number of nitrogens with zero attached hydrogens (tertiary/aromatic N) is 2. The minimum atomic E-state index is -0.727. The normalized spacial score (nSPS) is 11.8. The highest BCUT2D eigenvalue weighted by molar-refractivity contribution is 7.12. The SMILES string of the molecule is Cc1c([N+](=O)[O-])cc(NC(=O)c2cc(COc3ccc4c(c3)OCO4)cs2)cc1[N+](=O)[O-]. The van der Waals surface area contributed by atoms with Crippen LogP contribution in [0.1, 0.15) is 20.8 Å². The number of hydrogen-bond acceptors (Lipinski definition) is 9. The van der Waals surface area contributed by atoms with E-state index in [0.29, 0.717) is 22.1 Å². The summed E-state index contributed by atoms with van der Waals surface area (Å²) in [6, 6.07) is 8.99. The maximum atomic E-state index is 12.6. The molecule has 0 saturated carbocycles. The molecule has 1 N–H and O–H groups in total. The summed E-state index contributed by atoms with van der Waals surface area (Å²) in [5.41, 5.74) is -0.279. The van der Waals surface area contributed by atoms with Gasteiger partial charge < -0.3 is 19.5 Å². The zero-order valence-corrected chi connectivity index (χ0v) is 17.3.